The topological polar surface area (TPSA) is 101 Å². The molecule has 2 aliphatic rings. The molecular weight excluding hydrogens is 316 g/mol. The lowest BCUT2D eigenvalue weighted by Gasteiger charge is -2.31. The number of rotatable bonds is 4. The minimum absolute atomic E-state index is 0.0122. The summed E-state index contributed by atoms with van der Waals surface area (Å²) in [5.41, 5.74) is 13.0. The Morgan fingerprint density at radius 3 is 2.56 bits per heavy atom. The smallest absolute Gasteiger partial charge is 0.253 e. The molecule has 1 aromatic carbocycles. The highest BCUT2D eigenvalue weighted by Crippen LogP contribution is 2.42. The van der Waals surface area contributed by atoms with Gasteiger partial charge in [0.25, 0.3) is 5.91 Å². The van der Waals surface area contributed by atoms with E-state index in [4.69, 9.17) is 11.5 Å². The number of fused-ring (bicyclic) bond motifs is 1. The van der Waals surface area contributed by atoms with E-state index in [1.165, 1.54) is 19.3 Å². The van der Waals surface area contributed by atoms with Crippen LogP contribution < -0.4 is 16.8 Å². The number of carbonyl (C=O) groups excluding carboxylic acids is 2. The molecule has 1 aliphatic carbocycles. The molecule has 0 radical (unpaired) electrons. The zero-order valence-corrected chi connectivity index (χ0v) is 15.0. The molecule has 2 amide bonds. The maximum absolute atomic E-state index is 12.9. The van der Waals surface area contributed by atoms with Crippen molar-refractivity contribution in [3.05, 3.63) is 29.3 Å². The number of nitrogens with zero attached hydrogens (tertiary/aromatic N) is 1. The summed E-state index contributed by atoms with van der Waals surface area (Å²) in [4.78, 5) is 26.8. The first-order valence-electron chi connectivity index (χ1n) is 9.15. The molecule has 3 rings (SSSR count). The Kier molecular flexibility index (Phi) is 4.73. The Bertz CT molecular complexity index is 684. The number of amides is 2. The molecule has 6 heteroatoms. The third-order valence-corrected chi connectivity index (χ3v) is 6.03. The van der Waals surface area contributed by atoms with E-state index in [2.05, 4.69) is 5.32 Å². The van der Waals surface area contributed by atoms with Gasteiger partial charge in [0.2, 0.25) is 5.91 Å². The maximum atomic E-state index is 12.9. The zero-order chi connectivity index (χ0) is 18.2. The van der Waals surface area contributed by atoms with E-state index in [1.54, 1.807) is 12.1 Å². The van der Waals surface area contributed by atoms with E-state index in [1.807, 2.05) is 24.9 Å². The van der Waals surface area contributed by atoms with Gasteiger partial charge in [-0.1, -0.05) is 32.3 Å². The average Bonchev–Trinajstić information content (AvgIpc) is 2.92. The lowest BCUT2D eigenvalue weighted by atomic mass is 9.77. The molecule has 0 spiro atoms. The van der Waals surface area contributed by atoms with Crippen molar-refractivity contribution >= 4 is 17.5 Å². The first kappa shape index (κ1) is 17.7. The van der Waals surface area contributed by atoms with E-state index in [9.17, 15) is 9.59 Å². The van der Waals surface area contributed by atoms with Crippen molar-refractivity contribution in [2.75, 3.05) is 12.4 Å². The molecule has 0 saturated heterocycles. The van der Waals surface area contributed by atoms with Crippen molar-refractivity contribution in [2.45, 2.75) is 63.1 Å². The highest BCUT2D eigenvalue weighted by molar-refractivity contribution is 5.98. The number of primary amides is 1. The Labute approximate surface area is 148 Å². The Morgan fingerprint density at radius 1 is 1.28 bits per heavy atom. The molecule has 6 nitrogen and oxygen atoms in total. The van der Waals surface area contributed by atoms with Crippen molar-refractivity contribution in [3.63, 3.8) is 0 Å². The van der Waals surface area contributed by atoms with Gasteiger partial charge in [0, 0.05) is 24.3 Å². The van der Waals surface area contributed by atoms with E-state index in [0.29, 0.717) is 18.0 Å². The molecule has 1 fully saturated rings. The summed E-state index contributed by atoms with van der Waals surface area (Å²) >= 11 is 0. The van der Waals surface area contributed by atoms with E-state index < -0.39 is 17.5 Å². The minimum Gasteiger partial charge on any atom is -0.369 e. The van der Waals surface area contributed by atoms with Crippen LogP contribution in [0.4, 0.5) is 5.69 Å². The number of hydrogen-bond donors (Lipinski definition) is 3. The van der Waals surface area contributed by atoms with Crippen molar-refractivity contribution in [3.8, 4) is 0 Å². The molecule has 5 N–H and O–H groups in total. The van der Waals surface area contributed by atoms with Crippen molar-refractivity contribution in [1.29, 1.82) is 0 Å². The first-order valence-corrected chi connectivity index (χ1v) is 9.15. The number of carbonyl (C=O) groups is 2. The van der Waals surface area contributed by atoms with Crippen LogP contribution in [-0.4, -0.2) is 36.0 Å². The van der Waals surface area contributed by atoms with Crippen LogP contribution in [0.3, 0.4) is 0 Å². The Hall–Kier alpha value is -2.08. The maximum Gasteiger partial charge on any atom is 0.253 e. The number of nitrogens with two attached hydrogens (primary N) is 2. The van der Waals surface area contributed by atoms with Gasteiger partial charge < -0.3 is 21.7 Å². The molecule has 136 valence electrons. The fourth-order valence-corrected chi connectivity index (χ4v) is 4.35. The van der Waals surface area contributed by atoms with Crippen LogP contribution in [0.15, 0.2) is 18.2 Å². The van der Waals surface area contributed by atoms with Crippen molar-refractivity contribution < 1.29 is 9.59 Å². The number of anilines is 1. The Morgan fingerprint density at radius 2 is 1.96 bits per heavy atom. The lowest BCUT2D eigenvalue weighted by molar-refractivity contribution is -0.124. The summed E-state index contributed by atoms with van der Waals surface area (Å²) in [5.74, 6) is -0.426. The summed E-state index contributed by atoms with van der Waals surface area (Å²) in [6.07, 6.45) is 5.69. The average molecular weight is 344 g/mol. The predicted molar refractivity (Wildman–Crippen MR) is 98.2 cm³/mol. The highest BCUT2D eigenvalue weighted by Gasteiger charge is 2.49. The van der Waals surface area contributed by atoms with Crippen LogP contribution in [0.5, 0.6) is 0 Å². The van der Waals surface area contributed by atoms with Crippen molar-refractivity contribution in [1.82, 2.24) is 4.90 Å². The van der Waals surface area contributed by atoms with Crippen LogP contribution in [0.1, 0.15) is 61.4 Å². The second-order valence-electron chi connectivity index (χ2n) is 7.28. The van der Waals surface area contributed by atoms with Gasteiger partial charge in [-0.05, 0) is 37.0 Å². The SMILES string of the molecule is CCC1(C(N)=O)c2ccc(C(=O)N(C)C3CCCCC3)cc2NC1N. The molecule has 1 aliphatic heterocycles. The van der Waals surface area contributed by atoms with Gasteiger partial charge in [-0.3, -0.25) is 9.59 Å². The van der Waals surface area contributed by atoms with Gasteiger partial charge in [0.05, 0.1) is 6.17 Å². The molecule has 2 atom stereocenters. The summed E-state index contributed by atoms with van der Waals surface area (Å²) < 4.78 is 0. The van der Waals surface area contributed by atoms with Gasteiger partial charge in [0.15, 0.2) is 0 Å². The standard InChI is InChI=1S/C19H28N4O2/c1-3-19(18(21)25)14-10-9-12(11-15(14)22-17(19)20)16(24)23(2)13-7-5-4-6-8-13/h9-11,13,17,22H,3-8,20H2,1-2H3,(H2,21,25). The molecular formula is C19H28N4O2. The van der Waals surface area contributed by atoms with E-state index in [-0.39, 0.29) is 5.91 Å². The molecule has 25 heavy (non-hydrogen) atoms. The molecule has 2 unspecified atom stereocenters. The fraction of sp³-hybridized carbons (Fsp3) is 0.579. The van der Waals surface area contributed by atoms with Gasteiger partial charge >= 0.3 is 0 Å². The third kappa shape index (κ3) is 2.78. The lowest BCUT2D eigenvalue weighted by Crippen LogP contribution is -2.53. The van der Waals surface area contributed by atoms with Crippen LogP contribution in [0.2, 0.25) is 0 Å². The summed E-state index contributed by atoms with van der Waals surface area (Å²) in [7, 11) is 1.88. The fourth-order valence-electron chi connectivity index (χ4n) is 4.35. The predicted octanol–water partition coefficient (Wildman–Crippen LogP) is 1.93. The van der Waals surface area contributed by atoms with Crippen LogP contribution >= 0.6 is 0 Å². The van der Waals surface area contributed by atoms with Gasteiger partial charge in [-0.25, -0.2) is 0 Å². The second kappa shape index (κ2) is 6.67. The van der Waals surface area contributed by atoms with Gasteiger partial charge in [-0.2, -0.15) is 0 Å². The normalized spacial score (nSPS) is 26.0. The van der Waals surface area contributed by atoms with Crippen LogP contribution in [0, 0.1) is 0 Å². The van der Waals surface area contributed by atoms with Gasteiger partial charge in [0.1, 0.15) is 5.41 Å². The van der Waals surface area contributed by atoms with Crippen LogP contribution in [-0.2, 0) is 10.2 Å². The second-order valence-corrected chi connectivity index (χ2v) is 7.28. The number of nitrogens with one attached hydrogen (secondary N) is 1. The zero-order valence-electron chi connectivity index (χ0n) is 15.0. The molecule has 0 bridgehead atoms. The quantitative estimate of drug-likeness (QED) is 0.777. The van der Waals surface area contributed by atoms with Crippen LogP contribution in [0.25, 0.3) is 0 Å². The monoisotopic (exact) mass is 344 g/mol. The molecule has 0 aromatic heterocycles. The van der Waals surface area contributed by atoms with E-state index in [0.717, 1.165) is 24.1 Å². The number of hydrogen-bond acceptors (Lipinski definition) is 4. The van der Waals surface area contributed by atoms with Crippen molar-refractivity contribution in [2.24, 2.45) is 11.5 Å². The first-order chi connectivity index (χ1) is 11.9. The molecule has 1 heterocycles. The minimum atomic E-state index is -0.924. The summed E-state index contributed by atoms with van der Waals surface area (Å²) in [5, 5.41) is 3.14. The summed E-state index contributed by atoms with van der Waals surface area (Å²) in [6.45, 7) is 1.90. The van der Waals surface area contributed by atoms with E-state index >= 15 is 0 Å². The Balaban J connectivity index is 1.88. The van der Waals surface area contributed by atoms with Gasteiger partial charge in [-0.15, -0.1) is 0 Å². The number of benzene rings is 1. The molecule has 1 aromatic rings. The largest absolute Gasteiger partial charge is 0.369 e. The molecule has 1 saturated carbocycles. The summed E-state index contributed by atoms with van der Waals surface area (Å²) in [6, 6.07) is 5.72. The third-order valence-electron chi connectivity index (χ3n) is 6.03. The highest BCUT2D eigenvalue weighted by atomic mass is 16.2.